The molecule has 0 saturated carbocycles. The Bertz CT molecular complexity index is 813. The minimum absolute atomic E-state index is 0.0128. The third kappa shape index (κ3) is 6.24. The quantitative estimate of drug-likeness (QED) is 0.193. The fraction of sp³-hybridized carbons (Fsp3) is 0.632. The minimum Gasteiger partial charge on any atom is -0.480 e. The lowest BCUT2D eigenvalue weighted by molar-refractivity contribution is -0.149. The number of aliphatic hydroxyl groups excluding tert-OH is 2. The molecule has 0 radical (unpaired) electrons. The molecule has 2 rings (SSSR count). The van der Waals surface area contributed by atoms with Crippen molar-refractivity contribution < 1.29 is 34.5 Å². The maximum atomic E-state index is 13.1. The lowest BCUT2D eigenvalue weighted by Crippen LogP contribution is -2.61. The van der Waals surface area contributed by atoms with E-state index in [1.54, 1.807) is 0 Å². The van der Waals surface area contributed by atoms with E-state index in [9.17, 15) is 34.5 Å². The van der Waals surface area contributed by atoms with Crippen molar-refractivity contribution in [3.8, 4) is 0 Å². The Kier molecular flexibility index (Phi) is 8.69. The van der Waals surface area contributed by atoms with Crippen LogP contribution in [-0.2, 0) is 25.6 Å². The van der Waals surface area contributed by atoms with Crippen LogP contribution in [0.25, 0.3) is 0 Å². The fourth-order valence-corrected chi connectivity index (χ4v) is 3.44. The third-order valence-electron chi connectivity index (χ3n) is 5.30. The molecule has 6 atom stereocenters. The highest BCUT2D eigenvalue weighted by molar-refractivity contribution is 5.94. The van der Waals surface area contributed by atoms with Crippen molar-refractivity contribution in [2.24, 2.45) is 5.73 Å². The summed E-state index contributed by atoms with van der Waals surface area (Å²) in [4.78, 5) is 57.6. The molecule has 1 aliphatic heterocycles. The van der Waals surface area contributed by atoms with Crippen molar-refractivity contribution in [3.63, 3.8) is 0 Å². The molecule has 13 heteroatoms. The highest BCUT2D eigenvalue weighted by atomic mass is 16.4. The average Bonchev–Trinajstić information content (AvgIpc) is 3.41. The third-order valence-corrected chi connectivity index (χ3v) is 5.30. The number of nitrogens with one attached hydrogen (secondary N) is 3. The first kappa shape index (κ1) is 25.2. The van der Waals surface area contributed by atoms with E-state index in [2.05, 4.69) is 20.6 Å². The van der Waals surface area contributed by atoms with Gasteiger partial charge in [-0.3, -0.25) is 14.4 Å². The van der Waals surface area contributed by atoms with Crippen LogP contribution in [0.5, 0.6) is 0 Å². The van der Waals surface area contributed by atoms with Crippen LogP contribution < -0.4 is 16.4 Å². The number of amides is 3. The molecule has 1 aliphatic rings. The number of carbonyl (C=O) groups excluding carboxylic acids is 3. The Balaban J connectivity index is 2.21. The number of carboxylic acid groups (broad SMARTS) is 1. The van der Waals surface area contributed by atoms with Crippen molar-refractivity contribution in [3.05, 3.63) is 18.2 Å². The van der Waals surface area contributed by atoms with Crippen LogP contribution in [0, 0.1) is 0 Å². The van der Waals surface area contributed by atoms with E-state index >= 15 is 0 Å². The molecular weight excluding hydrogens is 424 g/mol. The van der Waals surface area contributed by atoms with Crippen molar-refractivity contribution in [1.82, 2.24) is 25.5 Å². The smallest absolute Gasteiger partial charge is 0.326 e. The van der Waals surface area contributed by atoms with Gasteiger partial charge in [0.2, 0.25) is 17.7 Å². The van der Waals surface area contributed by atoms with E-state index in [0.29, 0.717) is 18.5 Å². The summed E-state index contributed by atoms with van der Waals surface area (Å²) in [6.45, 7) is 2.80. The summed E-state index contributed by atoms with van der Waals surface area (Å²) in [5.74, 6) is -3.46. The molecule has 1 aromatic rings. The molecule has 32 heavy (non-hydrogen) atoms. The highest BCUT2D eigenvalue weighted by Gasteiger charge is 2.39. The Labute approximate surface area is 184 Å². The number of aliphatic hydroxyl groups is 2. The van der Waals surface area contributed by atoms with E-state index in [4.69, 9.17) is 5.73 Å². The second kappa shape index (κ2) is 11.0. The number of rotatable bonds is 10. The number of aromatic nitrogens is 2. The Hall–Kier alpha value is -3.03. The van der Waals surface area contributed by atoms with Gasteiger partial charge >= 0.3 is 5.97 Å². The molecule has 8 N–H and O–H groups in total. The number of carbonyl (C=O) groups is 4. The number of aliphatic carboxylic acids is 1. The molecule has 0 bridgehead atoms. The van der Waals surface area contributed by atoms with Crippen LogP contribution in [0.4, 0.5) is 0 Å². The first-order chi connectivity index (χ1) is 15.0. The molecular formula is C19H30N6O7. The average molecular weight is 454 g/mol. The SMILES string of the molecule is CC(O)C(N)C(=O)NC(C(=O)NC(Cc1cnc[nH]1)C(=O)N1CCCC1C(=O)O)C(C)O. The second-order valence-corrected chi connectivity index (χ2v) is 7.86. The number of nitrogens with zero attached hydrogens (tertiary/aromatic N) is 2. The first-order valence-corrected chi connectivity index (χ1v) is 10.3. The summed E-state index contributed by atoms with van der Waals surface area (Å²) < 4.78 is 0. The van der Waals surface area contributed by atoms with E-state index in [0.717, 1.165) is 0 Å². The number of likely N-dealkylation sites (tertiary alicyclic amines) is 1. The van der Waals surface area contributed by atoms with Gasteiger partial charge in [-0.1, -0.05) is 0 Å². The van der Waals surface area contributed by atoms with Gasteiger partial charge in [0.25, 0.3) is 0 Å². The lowest BCUT2D eigenvalue weighted by Gasteiger charge is -2.29. The number of hydrogen-bond acceptors (Lipinski definition) is 8. The minimum atomic E-state index is -1.46. The zero-order chi connectivity index (χ0) is 24.0. The number of nitrogens with two attached hydrogens (primary N) is 1. The highest BCUT2D eigenvalue weighted by Crippen LogP contribution is 2.19. The monoisotopic (exact) mass is 454 g/mol. The van der Waals surface area contributed by atoms with Gasteiger partial charge in [0.05, 0.1) is 18.5 Å². The predicted molar refractivity (Wildman–Crippen MR) is 110 cm³/mol. The molecule has 1 aromatic heterocycles. The maximum absolute atomic E-state index is 13.1. The van der Waals surface area contributed by atoms with Crippen LogP contribution in [0.15, 0.2) is 12.5 Å². The summed E-state index contributed by atoms with van der Waals surface area (Å²) in [5.41, 5.74) is 6.09. The van der Waals surface area contributed by atoms with Gasteiger partial charge in [-0.2, -0.15) is 0 Å². The van der Waals surface area contributed by atoms with Crippen molar-refractivity contribution >= 4 is 23.7 Å². The fourth-order valence-electron chi connectivity index (χ4n) is 3.44. The number of hydrogen-bond donors (Lipinski definition) is 7. The van der Waals surface area contributed by atoms with E-state index in [-0.39, 0.29) is 13.0 Å². The molecule has 2 heterocycles. The first-order valence-electron chi connectivity index (χ1n) is 10.3. The van der Waals surface area contributed by atoms with Crippen LogP contribution >= 0.6 is 0 Å². The predicted octanol–water partition coefficient (Wildman–Crippen LogP) is -2.91. The molecule has 0 spiro atoms. The summed E-state index contributed by atoms with van der Waals surface area (Å²) in [5, 5.41) is 33.7. The van der Waals surface area contributed by atoms with E-state index in [1.165, 1.54) is 31.3 Å². The molecule has 6 unspecified atom stereocenters. The Morgan fingerprint density at radius 3 is 2.44 bits per heavy atom. The van der Waals surface area contributed by atoms with Gasteiger partial charge in [-0.15, -0.1) is 0 Å². The summed E-state index contributed by atoms with van der Waals surface area (Å²) in [6.07, 6.45) is 1.12. The molecule has 178 valence electrons. The molecule has 1 saturated heterocycles. The number of aromatic amines is 1. The van der Waals surface area contributed by atoms with Gasteiger partial charge in [-0.05, 0) is 26.7 Å². The Morgan fingerprint density at radius 1 is 1.22 bits per heavy atom. The van der Waals surface area contributed by atoms with Gasteiger partial charge in [-0.25, -0.2) is 9.78 Å². The molecule has 1 fully saturated rings. The number of carboxylic acids is 1. The van der Waals surface area contributed by atoms with Crippen LogP contribution in [-0.4, -0.2) is 96.8 Å². The molecule has 0 aliphatic carbocycles. The largest absolute Gasteiger partial charge is 0.480 e. The van der Waals surface area contributed by atoms with Crippen LogP contribution in [0.3, 0.4) is 0 Å². The second-order valence-electron chi connectivity index (χ2n) is 7.86. The van der Waals surface area contributed by atoms with Gasteiger partial charge in [0.1, 0.15) is 24.2 Å². The van der Waals surface area contributed by atoms with Crippen molar-refractivity contribution in [2.75, 3.05) is 6.54 Å². The van der Waals surface area contributed by atoms with Crippen LogP contribution in [0.1, 0.15) is 32.4 Å². The lowest BCUT2D eigenvalue weighted by atomic mass is 10.1. The van der Waals surface area contributed by atoms with E-state index in [1.807, 2.05) is 0 Å². The topological polar surface area (TPSA) is 211 Å². The summed E-state index contributed by atoms with van der Waals surface area (Å²) in [6, 6.07) is -4.96. The van der Waals surface area contributed by atoms with Crippen molar-refractivity contribution in [1.29, 1.82) is 0 Å². The summed E-state index contributed by atoms with van der Waals surface area (Å²) >= 11 is 0. The van der Waals surface area contributed by atoms with Crippen molar-refractivity contribution in [2.45, 2.75) is 69.5 Å². The standard InChI is InChI=1S/C19H30N6O7/c1-9(26)14(20)16(28)24-15(10(2)27)17(29)23-12(6-11-7-21-8-22-11)18(30)25-5-3-4-13(25)19(31)32/h7-10,12-15,26-27H,3-6,20H2,1-2H3,(H,21,22)(H,23,29)(H,24,28)(H,31,32). The zero-order valence-corrected chi connectivity index (χ0v) is 17.9. The maximum Gasteiger partial charge on any atom is 0.326 e. The summed E-state index contributed by atoms with van der Waals surface area (Å²) in [7, 11) is 0. The van der Waals surface area contributed by atoms with E-state index < -0.39 is 60.1 Å². The van der Waals surface area contributed by atoms with Crippen LogP contribution in [0.2, 0.25) is 0 Å². The van der Waals surface area contributed by atoms with Gasteiger partial charge in [0, 0.05) is 24.9 Å². The zero-order valence-electron chi connectivity index (χ0n) is 17.9. The number of H-pyrrole nitrogens is 1. The Morgan fingerprint density at radius 2 is 1.91 bits per heavy atom. The molecule has 13 nitrogen and oxygen atoms in total. The normalized spacial score (nSPS) is 20.7. The molecule has 3 amide bonds. The van der Waals surface area contributed by atoms with Gasteiger partial charge < -0.3 is 41.6 Å². The van der Waals surface area contributed by atoms with Gasteiger partial charge in [0.15, 0.2) is 0 Å². The molecule has 0 aromatic carbocycles. The number of imidazole rings is 1.